The molecule has 106 valence electrons. The van der Waals surface area contributed by atoms with Crippen molar-refractivity contribution in [1.82, 2.24) is 10.2 Å². The largest absolute Gasteiger partial charge is 0.377 e. The molecule has 1 aromatic rings. The fourth-order valence-electron chi connectivity index (χ4n) is 2.47. The smallest absolute Gasteiger partial charge is 0.0596 e. The van der Waals surface area contributed by atoms with Crippen molar-refractivity contribution in [3.63, 3.8) is 0 Å². The molecule has 0 radical (unpaired) electrons. The number of hydrogen-bond acceptors (Lipinski definition) is 3. The Labute approximate surface area is 116 Å². The maximum absolute atomic E-state index is 5.59. The van der Waals surface area contributed by atoms with Gasteiger partial charge in [-0.3, -0.25) is 4.90 Å². The average Bonchev–Trinajstić information content (AvgIpc) is 2.38. The number of likely N-dealkylation sites (N-methyl/N-ethyl adjacent to an activating group) is 1. The third kappa shape index (κ3) is 4.60. The molecule has 0 aliphatic carbocycles. The van der Waals surface area contributed by atoms with Crippen molar-refractivity contribution in [2.24, 2.45) is 0 Å². The molecule has 0 saturated heterocycles. The molecule has 0 unspecified atom stereocenters. The molecule has 1 aliphatic rings. The lowest BCUT2D eigenvalue weighted by atomic mass is 9.98. The summed E-state index contributed by atoms with van der Waals surface area (Å²) in [6.07, 6.45) is 1.48. The Kier molecular flexibility index (Phi) is 5.37. The van der Waals surface area contributed by atoms with Crippen LogP contribution in [0.25, 0.3) is 0 Å². The van der Waals surface area contributed by atoms with Crippen LogP contribution in [-0.4, -0.2) is 37.7 Å². The zero-order chi connectivity index (χ0) is 13.7. The van der Waals surface area contributed by atoms with Crippen LogP contribution in [0.15, 0.2) is 18.2 Å². The van der Waals surface area contributed by atoms with Crippen LogP contribution in [-0.2, 0) is 24.2 Å². The highest BCUT2D eigenvalue weighted by Crippen LogP contribution is 2.16. The predicted octanol–water partition coefficient (Wildman–Crippen LogP) is 2.19. The molecular formula is C16H26N2O. The van der Waals surface area contributed by atoms with Crippen LogP contribution in [0.2, 0.25) is 0 Å². The van der Waals surface area contributed by atoms with E-state index in [1.807, 2.05) is 0 Å². The monoisotopic (exact) mass is 262 g/mol. The van der Waals surface area contributed by atoms with Crippen molar-refractivity contribution in [3.8, 4) is 0 Å². The van der Waals surface area contributed by atoms with E-state index in [4.69, 9.17) is 4.74 Å². The van der Waals surface area contributed by atoms with Crippen LogP contribution >= 0.6 is 0 Å². The summed E-state index contributed by atoms with van der Waals surface area (Å²) in [6, 6.07) is 6.91. The number of fused-ring (bicyclic) bond motifs is 1. The molecule has 3 heteroatoms. The van der Waals surface area contributed by atoms with Crippen LogP contribution < -0.4 is 5.32 Å². The quantitative estimate of drug-likeness (QED) is 0.850. The van der Waals surface area contributed by atoms with Gasteiger partial charge < -0.3 is 10.1 Å². The Bertz CT molecular complexity index is 404. The minimum absolute atomic E-state index is 0.322. The topological polar surface area (TPSA) is 24.5 Å². The fourth-order valence-corrected chi connectivity index (χ4v) is 2.47. The Hall–Kier alpha value is -0.900. The van der Waals surface area contributed by atoms with Crippen molar-refractivity contribution in [2.45, 2.75) is 39.5 Å². The van der Waals surface area contributed by atoms with Gasteiger partial charge >= 0.3 is 0 Å². The SMILES string of the molecule is CC(C)OCCN(C)Cc1ccc2c(c1)CNCC2. The summed E-state index contributed by atoms with van der Waals surface area (Å²) in [5.74, 6) is 0. The van der Waals surface area contributed by atoms with Gasteiger partial charge in [-0.25, -0.2) is 0 Å². The predicted molar refractivity (Wildman–Crippen MR) is 79.3 cm³/mol. The van der Waals surface area contributed by atoms with Gasteiger partial charge in [0.05, 0.1) is 12.7 Å². The van der Waals surface area contributed by atoms with Gasteiger partial charge in [0.25, 0.3) is 0 Å². The number of benzene rings is 1. The normalized spacial score (nSPS) is 15.0. The third-order valence-corrected chi connectivity index (χ3v) is 3.53. The molecule has 0 atom stereocenters. The van der Waals surface area contributed by atoms with Crippen molar-refractivity contribution in [2.75, 3.05) is 26.7 Å². The molecule has 1 heterocycles. The molecule has 0 aromatic heterocycles. The summed E-state index contributed by atoms with van der Waals surface area (Å²) in [6.45, 7) is 9.07. The van der Waals surface area contributed by atoms with Crippen molar-refractivity contribution in [1.29, 1.82) is 0 Å². The van der Waals surface area contributed by atoms with Crippen LogP contribution in [0, 0.1) is 0 Å². The van der Waals surface area contributed by atoms with Gasteiger partial charge in [0.1, 0.15) is 0 Å². The Morgan fingerprint density at radius 3 is 2.95 bits per heavy atom. The molecule has 2 rings (SSSR count). The van der Waals surface area contributed by atoms with Gasteiger partial charge in [0.2, 0.25) is 0 Å². The minimum atomic E-state index is 0.322. The first-order valence-corrected chi connectivity index (χ1v) is 7.26. The van der Waals surface area contributed by atoms with Crippen LogP contribution in [0.3, 0.4) is 0 Å². The molecule has 0 bridgehead atoms. The Morgan fingerprint density at radius 1 is 1.32 bits per heavy atom. The molecule has 0 amide bonds. The summed E-state index contributed by atoms with van der Waals surface area (Å²) in [5, 5.41) is 3.43. The number of nitrogens with one attached hydrogen (secondary N) is 1. The van der Waals surface area contributed by atoms with Gasteiger partial charge in [0.15, 0.2) is 0 Å². The molecule has 1 N–H and O–H groups in total. The van der Waals surface area contributed by atoms with E-state index in [9.17, 15) is 0 Å². The van der Waals surface area contributed by atoms with Crippen LogP contribution in [0.4, 0.5) is 0 Å². The maximum atomic E-state index is 5.59. The highest BCUT2D eigenvalue weighted by Gasteiger charge is 2.09. The van der Waals surface area contributed by atoms with E-state index in [1.54, 1.807) is 0 Å². The molecule has 0 spiro atoms. The number of hydrogen-bond donors (Lipinski definition) is 1. The van der Waals surface area contributed by atoms with Crippen molar-refractivity contribution < 1.29 is 4.74 Å². The van der Waals surface area contributed by atoms with Gasteiger partial charge in [-0.15, -0.1) is 0 Å². The lowest BCUT2D eigenvalue weighted by Gasteiger charge is -2.21. The second-order valence-corrected chi connectivity index (χ2v) is 5.69. The third-order valence-electron chi connectivity index (χ3n) is 3.53. The maximum Gasteiger partial charge on any atom is 0.0596 e. The zero-order valence-corrected chi connectivity index (χ0v) is 12.4. The van der Waals surface area contributed by atoms with E-state index in [1.165, 1.54) is 16.7 Å². The van der Waals surface area contributed by atoms with E-state index in [2.05, 4.69) is 49.3 Å². The van der Waals surface area contributed by atoms with Crippen LogP contribution in [0.5, 0.6) is 0 Å². The minimum Gasteiger partial charge on any atom is -0.377 e. The molecule has 1 aliphatic heterocycles. The molecular weight excluding hydrogens is 236 g/mol. The van der Waals surface area contributed by atoms with Gasteiger partial charge in [0, 0.05) is 19.6 Å². The standard InChI is InChI=1S/C16H26N2O/c1-13(2)19-9-8-18(3)12-14-4-5-15-6-7-17-11-16(15)10-14/h4-5,10,13,17H,6-9,11-12H2,1-3H3. The Balaban J connectivity index is 1.85. The summed E-state index contributed by atoms with van der Waals surface area (Å²) in [4.78, 5) is 2.32. The van der Waals surface area contributed by atoms with Crippen molar-refractivity contribution >= 4 is 0 Å². The second-order valence-electron chi connectivity index (χ2n) is 5.69. The molecule has 0 fully saturated rings. The van der Waals surface area contributed by atoms with E-state index in [0.717, 1.165) is 39.2 Å². The highest BCUT2D eigenvalue weighted by atomic mass is 16.5. The number of nitrogens with zero attached hydrogens (tertiary/aromatic N) is 1. The van der Waals surface area contributed by atoms with Crippen LogP contribution in [0.1, 0.15) is 30.5 Å². The fraction of sp³-hybridized carbons (Fsp3) is 0.625. The summed E-state index contributed by atoms with van der Waals surface area (Å²) < 4.78 is 5.59. The van der Waals surface area contributed by atoms with Crippen molar-refractivity contribution in [3.05, 3.63) is 34.9 Å². The summed E-state index contributed by atoms with van der Waals surface area (Å²) in [5.41, 5.74) is 4.37. The van der Waals surface area contributed by atoms with E-state index in [-0.39, 0.29) is 0 Å². The molecule has 19 heavy (non-hydrogen) atoms. The van der Waals surface area contributed by atoms with Gasteiger partial charge in [-0.1, -0.05) is 18.2 Å². The lowest BCUT2D eigenvalue weighted by Crippen LogP contribution is -2.25. The molecule has 0 saturated carbocycles. The number of rotatable bonds is 6. The zero-order valence-electron chi connectivity index (χ0n) is 12.4. The first-order valence-electron chi connectivity index (χ1n) is 7.26. The van der Waals surface area contributed by atoms with E-state index < -0.39 is 0 Å². The second kappa shape index (κ2) is 7.04. The first kappa shape index (κ1) is 14.5. The Morgan fingerprint density at radius 2 is 2.16 bits per heavy atom. The van der Waals surface area contributed by atoms with Gasteiger partial charge in [-0.05, 0) is 50.6 Å². The summed E-state index contributed by atoms with van der Waals surface area (Å²) in [7, 11) is 2.15. The number of ether oxygens (including phenoxy) is 1. The first-order chi connectivity index (χ1) is 9.15. The van der Waals surface area contributed by atoms with Gasteiger partial charge in [-0.2, -0.15) is 0 Å². The average molecular weight is 262 g/mol. The lowest BCUT2D eigenvalue weighted by molar-refractivity contribution is 0.0627. The molecule has 1 aromatic carbocycles. The molecule has 3 nitrogen and oxygen atoms in total. The van der Waals surface area contributed by atoms with E-state index >= 15 is 0 Å². The van der Waals surface area contributed by atoms with E-state index in [0.29, 0.717) is 6.10 Å². The highest BCUT2D eigenvalue weighted by molar-refractivity contribution is 5.33. The summed E-state index contributed by atoms with van der Waals surface area (Å²) >= 11 is 0.